The zero-order valence-electron chi connectivity index (χ0n) is 11.2. The monoisotopic (exact) mass is 249 g/mol. The van der Waals surface area contributed by atoms with Gasteiger partial charge in [-0.1, -0.05) is 6.07 Å². The summed E-state index contributed by atoms with van der Waals surface area (Å²) in [6.07, 6.45) is 3.16. The zero-order chi connectivity index (χ0) is 13.5. The van der Waals surface area contributed by atoms with E-state index in [-0.39, 0.29) is 11.9 Å². The second-order valence-corrected chi connectivity index (χ2v) is 4.07. The lowest BCUT2D eigenvalue weighted by Gasteiger charge is -2.09. The maximum atomic E-state index is 11.5. The molecule has 0 unspecified atom stereocenters. The number of hydrogen-bond donors (Lipinski definition) is 1. The van der Waals surface area contributed by atoms with Crippen LogP contribution in [0.3, 0.4) is 0 Å². The summed E-state index contributed by atoms with van der Waals surface area (Å²) in [6, 6.07) is 5.59. The molecule has 1 N–H and O–H groups in total. The predicted molar refractivity (Wildman–Crippen MR) is 71.9 cm³/mol. The highest BCUT2D eigenvalue weighted by molar-refractivity contribution is 5.92. The van der Waals surface area contributed by atoms with Crippen LogP contribution in [-0.2, 0) is 4.79 Å². The SMILES string of the molecule is COc1cccc(OC)c1C=CC(=O)NC(C)C. The molecule has 0 spiro atoms. The lowest BCUT2D eigenvalue weighted by Crippen LogP contribution is -2.28. The fraction of sp³-hybridized carbons (Fsp3) is 0.357. The molecule has 0 saturated heterocycles. The number of carbonyl (C=O) groups excluding carboxylic acids is 1. The van der Waals surface area contributed by atoms with Crippen LogP contribution in [0, 0.1) is 0 Å². The van der Waals surface area contributed by atoms with Crippen molar-refractivity contribution in [2.24, 2.45) is 0 Å². The third kappa shape index (κ3) is 3.80. The summed E-state index contributed by atoms with van der Waals surface area (Å²) >= 11 is 0. The van der Waals surface area contributed by atoms with E-state index >= 15 is 0 Å². The summed E-state index contributed by atoms with van der Waals surface area (Å²) in [7, 11) is 3.17. The third-order valence-corrected chi connectivity index (χ3v) is 2.30. The molecular formula is C14H19NO3. The maximum absolute atomic E-state index is 11.5. The Bertz CT molecular complexity index is 416. The number of amides is 1. The van der Waals surface area contributed by atoms with Crippen molar-refractivity contribution in [1.82, 2.24) is 5.32 Å². The first-order valence-electron chi connectivity index (χ1n) is 5.78. The molecule has 0 heterocycles. The quantitative estimate of drug-likeness (QED) is 0.814. The van der Waals surface area contributed by atoms with E-state index in [1.807, 2.05) is 32.0 Å². The van der Waals surface area contributed by atoms with Gasteiger partial charge in [0.25, 0.3) is 0 Å². The molecule has 0 aliphatic rings. The van der Waals surface area contributed by atoms with Gasteiger partial charge in [0.1, 0.15) is 11.5 Å². The van der Waals surface area contributed by atoms with Gasteiger partial charge in [0.05, 0.1) is 19.8 Å². The Labute approximate surface area is 108 Å². The molecule has 0 aliphatic carbocycles. The van der Waals surface area contributed by atoms with Crippen molar-refractivity contribution in [1.29, 1.82) is 0 Å². The average Bonchev–Trinajstić information content (AvgIpc) is 2.34. The highest BCUT2D eigenvalue weighted by Crippen LogP contribution is 2.29. The van der Waals surface area contributed by atoms with Gasteiger partial charge in [0.2, 0.25) is 5.91 Å². The van der Waals surface area contributed by atoms with E-state index < -0.39 is 0 Å². The summed E-state index contributed by atoms with van der Waals surface area (Å²) < 4.78 is 10.5. The van der Waals surface area contributed by atoms with E-state index in [0.29, 0.717) is 11.5 Å². The largest absolute Gasteiger partial charge is 0.496 e. The first kappa shape index (κ1) is 14.1. The Morgan fingerprint density at radius 2 is 1.78 bits per heavy atom. The summed E-state index contributed by atoms with van der Waals surface area (Å²) in [5.74, 6) is 1.20. The van der Waals surface area contributed by atoms with Crippen molar-refractivity contribution < 1.29 is 14.3 Å². The van der Waals surface area contributed by atoms with Crippen molar-refractivity contribution in [2.45, 2.75) is 19.9 Å². The van der Waals surface area contributed by atoms with Crippen molar-refractivity contribution >= 4 is 12.0 Å². The Morgan fingerprint density at radius 3 is 2.22 bits per heavy atom. The molecule has 0 aromatic heterocycles. The van der Waals surface area contributed by atoms with E-state index in [1.54, 1.807) is 20.3 Å². The summed E-state index contributed by atoms with van der Waals surface area (Å²) in [5, 5.41) is 2.78. The summed E-state index contributed by atoms with van der Waals surface area (Å²) in [5.41, 5.74) is 0.751. The lowest BCUT2D eigenvalue weighted by molar-refractivity contribution is -0.116. The number of nitrogens with one attached hydrogen (secondary N) is 1. The highest BCUT2D eigenvalue weighted by atomic mass is 16.5. The van der Waals surface area contributed by atoms with Gasteiger partial charge in [-0.05, 0) is 32.1 Å². The second kappa shape index (κ2) is 6.69. The number of benzene rings is 1. The van der Waals surface area contributed by atoms with E-state index in [2.05, 4.69) is 5.32 Å². The van der Waals surface area contributed by atoms with Gasteiger partial charge in [-0.3, -0.25) is 4.79 Å². The van der Waals surface area contributed by atoms with E-state index in [9.17, 15) is 4.79 Å². The van der Waals surface area contributed by atoms with Crippen LogP contribution in [0.5, 0.6) is 11.5 Å². The summed E-state index contributed by atoms with van der Waals surface area (Å²) in [4.78, 5) is 11.5. The molecule has 4 heteroatoms. The smallest absolute Gasteiger partial charge is 0.244 e. The molecule has 0 saturated carbocycles. The molecule has 0 aliphatic heterocycles. The number of rotatable bonds is 5. The van der Waals surface area contributed by atoms with Crippen LogP contribution in [0.15, 0.2) is 24.3 Å². The minimum atomic E-state index is -0.141. The van der Waals surface area contributed by atoms with Gasteiger partial charge >= 0.3 is 0 Å². The van der Waals surface area contributed by atoms with Crippen molar-refractivity contribution in [2.75, 3.05) is 14.2 Å². The molecule has 1 amide bonds. The predicted octanol–water partition coefficient (Wildman–Crippen LogP) is 2.24. The van der Waals surface area contributed by atoms with Crippen LogP contribution in [-0.4, -0.2) is 26.2 Å². The van der Waals surface area contributed by atoms with Crippen LogP contribution in [0.1, 0.15) is 19.4 Å². The van der Waals surface area contributed by atoms with E-state index in [0.717, 1.165) is 5.56 Å². The van der Waals surface area contributed by atoms with Gasteiger partial charge in [-0.15, -0.1) is 0 Å². The van der Waals surface area contributed by atoms with Crippen molar-refractivity contribution in [3.63, 3.8) is 0 Å². The van der Waals surface area contributed by atoms with E-state index in [1.165, 1.54) is 6.08 Å². The Morgan fingerprint density at radius 1 is 1.22 bits per heavy atom. The first-order chi connectivity index (χ1) is 8.58. The molecule has 1 aromatic rings. The van der Waals surface area contributed by atoms with Crippen molar-refractivity contribution in [3.05, 3.63) is 29.8 Å². The minimum Gasteiger partial charge on any atom is -0.496 e. The van der Waals surface area contributed by atoms with Gasteiger partial charge in [0.15, 0.2) is 0 Å². The molecule has 1 rings (SSSR count). The van der Waals surface area contributed by atoms with Gasteiger partial charge in [-0.2, -0.15) is 0 Å². The minimum absolute atomic E-state index is 0.113. The molecule has 4 nitrogen and oxygen atoms in total. The third-order valence-electron chi connectivity index (χ3n) is 2.30. The topological polar surface area (TPSA) is 47.6 Å². The molecule has 98 valence electrons. The summed E-state index contributed by atoms with van der Waals surface area (Å²) in [6.45, 7) is 3.82. The van der Waals surface area contributed by atoms with Crippen LogP contribution in [0.25, 0.3) is 6.08 Å². The number of methoxy groups -OCH3 is 2. The average molecular weight is 249 g/mol. The lowest BCUT2D eigenvalue weighted by atomic mass is 10.1. The molecule has 0 fully saturated rings. The normalized spacial score (nSPS) is 10.7. The first-order valence-corrected chi connectivity index (χ1v) is 5.78. The highest BCUT2D eigenvalue weighted by Gasteiger charge is 2.07. The Balaban J connectivity index is 2.95. The zero-order valence-corrected chi connectivity index (χ0v) is 11.2. The fourth-order valence-electron chi connectivity index (χ4n) is 1.54. The molecular weight excluding hydrogens is 230 g/mol. The molecule has 18 heavy (non-hydrogen) atoms. The number of carbonyl (C=O) groups is 1. The second-order valence-electron chi connectivity index (χ2n) is 4.07. The van der Waals surface area contributed by atoms with Crippen LogP contribution < -0.4 is 14.8 Å². The van der Waals surface area contributed by atoms with Gasteiger partial charge < -0.3 is 14.8 Å². The van der Waals surface area contributed by atoms with Crippen LogP contribution in [0.4, 0.5) is 0 Å². The molecule has 0 bridgehead atoms. The molecule has 0 atom stereocenters. The Hall–Kier alpha value is -1.97. The van der Waals surface area contributed by atoms with Gasteiger partial charge in [0, 0.05) is 12.1 Å². The molecule has 0 radical (unpaired) electrons. The fourth-order valence-corrected chi connectivity index (χ4v) is 1.54. The van der Waals surface area contributed by atoms with Crippen molar-refractivity contribution in [3.8, 4) is 11.5 Å². The van der Waals surface area contributed by atoms with Gasteiger partial charge in [-0.25, -0.2) is 0 Å². The number of hydrogen-bond acceptors (Lipinski definition) is 3. The van der Waals surface area contributed by atoms with Crippen LogP contribution >= 0.6 is 0 Å². The Kier molecular flexibility index (Phi) is 5.24. The molecule has 1 aromatic carbocycles. The number of ether oxygens (including phenoxy) is 2. The maximum Gasteiger partial charge on any atom is 0.244 e. The van der Waals surface area contributed by atoms with E-state index in [4.69, 9.17) is 9.47 Å². The van der Waals surface area contributed by atoms with Crippen LogP contribution in [0.2, 0.25) is 0 Å². The standard InChI is InChI=1S/C14H19NO3/c1-10(2)15-14(16)9-8-11-12(17-3)6-5-7-13(11)18-4/h5-10H,1-4H3,(H,15,16).